The number of nitrogens with zero attached hydrogens (tertiary/aromatic N) is 4. The van der Waals surface area contributed by atoms with E-state index in [1.807, 2.05) is 0 Å². The van der Waals surface area contributed by atoms with Crippen molar-refractivity contribution in [1.29, 1.82) is 0 Å². The predicted molar refractivity (Wildman–Crippen MR) is 72.7 cm³/mol. The second kappa shape index (κ2) is 5.75. The molecule has 0 saturated carbocycles. The Balaban J connectivity index is 2.54. The Morgan fingerprint density at radius 1 is 1.00 bits per heavy atom. The van der Waals surface area contributed by atoms with E-state index in [0.29, 0.717) is 34.9 Å². The topological polar surface area (TPSA) is 104 Å². The molecule has 0 amide bonds. The standard InChI is InChI=1S/C11H12Cl2N6/c12-7-1-5-16-9(18-7)11(15,3-4-14)10-17-6-2-8(13)19-10/h1-2,5-6H,3-4,14-15H2. The van der Waals surface area contributed by atoms with Crippen LogP contribution >= 0.6 is 23.2 Å². The molecule has 4 N–H and O–H groups in total. The minimum absolute atomic E-state index is 0.291. The maximum absolute atomic E-state index is 6.34. The summed E-state index contributed by atoms with van der Waals surface area (Å²) in [7, 11) is 0. The van der Waals surface area contributed by atoms with Gasteiger partial charge in [0.05, 0.1) is 0 Å². The van der Waals surface area contributed by atoms with Crippen molar-refractivity contribution < 1.29 is 0 Å². The summed E-state index contributed by atoms with van der Waals surface area (Å²) in [6, 6.07) is 3.12. The molecule has 0 radical (unpaired) electrons. The van der Waals surface area contributed by atoms with E-state index in [1.165, 1.54) is 12.4 Å². The molecular weight excluding hydrogens is 287 g/mol. The molecule has 0 aliphatic carbocycles. The van der Waals surface area contributed by atoms with Crippen LogP contribution in [0.4, 0.5) is 0 Å². The Hall–Kier alpha value is -1.34. The van der Waals surface area contributed by atoms with Crippen LogP contribution < -0.4 is 11.5 Å². The van der Waals surface area contributed by atoms with Crippen molar-refractivity contribution in [3.8, 4) is 0 Å². The monoisotopic (exact) mass is 298 g/mol. The largest absolute Gasteiger partial charge is 0.330 e. The van der Waals surface area contributed by atoms with Crippen molar-refractivity contribution in [3.63, 3.8) is 0 Å². The molecule has 0 fully saturated rings. The van der Waals surface area contributed by atoms with E-state index < -0.39 is 5.54 Å². The van der Waals surface area contributed by atoms with Gasteiger partial charge in [0.1, 0.15) is 15.8 Å². The fourth-order valence-electron chi connectivity index (χ4n) is 1.65. The van der Waals surface area contributed by atoms with E-state index in [2.05, 4.69) is 19.9 Å². The Bertz CT molecular complexity index is 531. The lowest BCUT2D eigenvalue weighted by Crippen LogP contribution is -2.43. The number of hydrogen-bond donors (Lipinski definition) is 2. The van der Waals surface area contributed by atoms with E-state index in [0.717, 1.165) is 0 Å². The van der Waals surface area contributed by atoms with Gasteiger partial charge in [0.2, 0.25) is 0 Å². The summed E-state index contributed by atoms with van der Waals surface area (Å²) in [6.07, 6.45) is 3.41. The van der Waals surface area contributed by atoms with Gasteiger partial charge >= 0.3 is 0 Å². The van der Waals surface area contributed by atoms with Crippen LogP contribution in [0.1, 0.15) is 18.1 Å². The molecule has 0 saturated heterocycles. The van der Waals surface area contributed by atoms with Crippen molar-refractivity contribution in [2.24, 2.45) is 11.5 Å². The fraction of sp³-hybridized carbons (Fsp3) is 0.273. The first-order valence-corrected chi connectivity index (χ1v) is 6.29. The van der Waals surface area contributed by atoms with Crippen LogP contribution in [0.2, 0.25) is 10.3 Å². The molecule has 2 rings (SSSR count). The summed E-state index contributed by atoms with van der Waals surface area (Å²) in [5, 5.41) is 0.581. The highest BCUT2D eigenvalue weighted by Gasteiger charge is 2.35. The molecule has 19 heavy (non-hydrogen) atoms. The first-order valence-electron chi connectivity index (χ1n) is 5.53. The first-order chi connectivity index (χ1) is 9.06. The van der Waals surface area contributed by atoms with Crippen molar-refractivity contribution in [3.05, 3.63) is 46.5 Å². The summed E-state index contributed by atoms with van der Waals surface area (Å²) < 4.78 is 0. The van der Waals surface area contributed by atoms with Crippen LogP contribution in [0.25, 0.3) is 0 Å². The van der Waals surface area contributed by atoms with Gasteiger partial charge in [-0.25, -0.2) is 19.9 Å². The minimum atomic E-state index is -1.12. The van der Waals surface area contributed by atoms with Crippen LogP contribution in [-0.2, 0) is 5.54 Å². The Morgan fingerprint density at radius 2 is 1.47 bits per heavy atom. The van der Waals surface area contributed by atoms with Crippen molar-refractivity contribution in [2.75, 3.05) is 6.54 Å². The highest BCUT2D eigenvalue weighted by Crippen LogP contribution is 2.25. The summed E-state index contributed by atoms with van der Waals surface area (Å²) in [6.45, 7) is 0.322. The molecule has 8 heteroatoms. The van der Waals surface area contributed by atoms with E-state index in [9.17, 15) is 0 Å². The molecular formula is C11H12Cl2N6. The third-order valence-corrected chi connectivity index (χ3v) is 3.00. The maximum atomic E-state index is 6.34. The van der Waals surface area contributed by atoms with E-state index in [4.69, 9.17) is 34.7 Å². The van der Waals surface area contributed by atoms with Crippen LogP contribution in [-0.4, -0.2) is 26.5 Å². The number of aromatic nitrogens is 4. The SMILES string of the molecule is NCCC(N)(c1nccc(Cl)n1)c1nccc(Cl)n1. The molecule has 0 aliphatic heterocycles. The molecule has 2 aromatic rings. The highest BCUT2D eigenvalue weighted by atomic mass is 35.5. The summed E-state index contributed by atoms with van der Waals surface area (Å²) in [4.78, 5) is 16.5. The quantitative estimate of drug-likeness (QED) is 0.820. The molecule has 0 bridgehead atoms. The van der Waals surface area contributed by atoms with Crippen molar-refractivity contribution in [2.45, 2.75) is 12.0 Å². The molecule has 2 aromatic heterocycles. The van der Waals surface area contributed by atoms with Crippen molar-refractivity contribution >= 4 is 23.2 Å². The molecule has 0 spiro atoms. The zero-order valence-electron chi connectivity index (χ0n) is 9.92. The average Bonchev–Trinajstić information content (AvgIpc) is 2.39. The zero-order valence-corrected chi connectivity index (χ0v) is 11.4. The van der Waals surface area contributed by atoms with Gasteiger partial charge in [0, 0.05) is 12.4 Å². The lowest BCUT2D eigenvalue weighted by molar-refractivity contribution is 0.441. The van der Waals surface area contributed by atoms with Gasteiger partial charge in [-0.1, -0.05) is 23.2 Å². The molecule has 6 nitrogen and oxygen atoms in total. The average molecular weight is 299 g/mol. The van der Waals surface area contributed by atoms with Gasteiger partial charge in [-0.2, -0.15) is 0 Å². The molecule has 0 atom stereocenters. The fourth-order valence-corrected chi connectivity index (χ4v) is 1.93. The number of nitrogens with two attached hydrogens (primary N) is 2. The van der Waals surface area contributed by atoms with Gasteiger partial charge in [0.25, 0.3) is 0 Å². The second-order valence-corrected chi connectivity index (χ2v) is 4.69. The predicted octanol–water partition coefficient (Wildman–Crippen LogP) is 1.12. The van der Waals surface area contributed by atoms with Crippen LogP contribution in [0.15, 0.2) is 24.5 Å². The number of rotatable bonds is 4. The number of halogens is 2. The van der Waals surface area contributed by atoms with Gasteiger partial charge in [-0.05, 0) is 25.1 Å². The van der Waals surface area contributed by atoms with Crippen LogP contribution in [0.5, 0.6) is 0 Å². The summed E-state index contributed by atoms with van der Waals surface area (Å²) in [5.41, 5.74) is 10.8. The molecule has 0 aromatic carbocycles. The number of hydrogen-bond acceptors (Lipinski definition) is 6. The molecule has 0 unspecified atom stereocenters. The normalized spacial score (nSPS) is 11.6. The molecule has 2 heterocycles. The third kappa shape index (κ3) is 2.98. The van der Waals surface area contributed by atoms with Gasteiger partial charge < -0.3 is 11.5 Å². The third-order valence-electron chi connectivity index (χ3n) is 2.58. The van der Waals surface area contributed by atoms with Crippen LogP contribution in [0, 0.1) is 0 Å². The van der Waals surface area contributed by atoms with E-state index >= 15 is 0 Å². The molecule has 0 aliphatic rings. The summed E-state index contributed by atoms with van der Waals surface area (Å²) >= 11 is 11.7. The van der Waals surface area contributed by atoms with Gasteiger partial charge in [0.15, 0.2) is 11.6 Å². The smallest absolute Gasteiger partial charge is 0.157 e. The van der Waals surface area contributed by atoms with Crippen LogP contribution in [0.3, 0.4) is 0 Å². The Kier molecular flexibility index (Phi) is 4.26. The minimum Gasteiger partial charge on any atom is -0.330 e. The second-order valence-electron chi connectivity index (χ2n) is 3.92. The van der Waals surface area contributed by atoms with Gasteiger partial charge in [-0.15, -0.1) is 0 Å². The lowest BCUT2D eigenvalue weighted by atomic mass is 9.94. The van der Waals surface area contributed by atoms with Gasteiger partial charge in [-0.3, -0.25) is 0 Å². The zero-order chi connectivity index (χ0) is 13.9. The Labute approximate surface area is 120 Å². The summed E-state index contributed by atoms with van der Waals surface area (Å²) in [5.74, 6) is 0.625. The maximum Gasteiger partial charge on any atom is 0.157 e. The van der Waals surface area contributed by atoms with Crippen molar-refractivity contribution in [1.82, 2.24) is 19.9 Å². The molecule has 100 valence electrons. The first kappa shape index (κ1) is 14.1. The highest BCUT2D eigenvalue weighted by molar-refractivity contribution is 6.29. The lowest BCUT2D eigenvalue weighted by Gasteiger charge is -2.25. The van der Waals surface area contributed by atoms with E-state index in [1.54, 1.807) is 12.1 Å². The Morgan fingerprint density at radius 3 is 1.84 bits per heavy atom. The van der Waals surface area contributed by atoms with E-state index in [-0.39, 0.29) is 0 Å².